The molecule has 0 aromatic carbocycles. The molecule has 0 aliphatic rings. The number of ether oxygens (including phenoxy) is 1. The first-order chi connectivity index (χ1) is 6.74. The van der Waals surface area contributed by atoms with Gasteiger partial charge in [0.05, 0.1) is 12.2 Å². The van der Waals surface area contributed by atoms with Crippen molar-refractivity contribution >= 4 is 5.97 Å². The summed E-state index contributed by atoms with van der Waals surface area (Å²) in [5.74, 6) is -1.24. The number of carboxylic acids is 1. The van der Waals surface area contributed by atoms with E-state index >= 15 is 0 Å². The van der Waals surface area contributed by atoms with Gasteiger partial charge < -0.3 is 15.6 Å². The minimum absolute atomic E-state index is 0.0677. The van der Waals surface area contributed by atoms with E-state index in [4.69, 9.17) is 10.8 Å². The van der Waals surface area contributed by atoms with E-state index in [9.17, 15) is 18.0 Å². The van der Waals surface area contributed by atoms with Crippen LogP contribution in [0.3, 0.4) is 0 Å². The number of nitrogens with two attached hydrogens (primary N) is 1. The Hall–Kier alpha value is -1.24. The van der Waals surface area contributed by atoms with Crippen molar-refractivity contribution in [2.45, 2.75) is 19.5 Å². The molecule has 0 saturated heterocycles. The number of alkyl halides is 3. The van der Waals surface area contributed by atoms with Gasteiger partial charge >= 0.3 is 12.1 Å². The number of carboxylic acid groups (broad SMARTS) is 1. The second-order valence-corrected chi connectivity index (χ2v) is 2.88. The number of hydrogen-bond donors (Lipinski definition) is 2. The molecule has 0 heterocycles. The number of allylic oxidation sites excluding steroid dienone is 1. The van der Waals surface area contributed by atoms with Gasteiger partial charge in [0.25, 0.3) is 0 Å². The number of hydrogen-bond acceptors (Lipinski definition) is 3. The molecule has 0 aliphatic heterocycles. The normalized spacial score (nSPS) is 13.6. The third-order valence-electron chi connectivity index (χ3n) is 1.50. The molecule has 0 bridgehead atoms. The predicted molar refractivity (Wildman–Crippen MR) is 46.0 cm³/mol. The van der Waals surface area contributed by atoms with Crippen LogP contribution in [0.5, 0.6) is 0 Å². The third kappa shape index (κ3) is 6.78. The maximum absolute atomic E-state index is 11.6. The van der Waals surface area contributed by atoms with Crippen molar-refractivity contribution in [2.24, 2.45) is 5.73 Å². The zero-order valence-electron chi connectivity index (χ0n) is 8.10. The highest BCUT2D eigenvalue weighted by atomic mass is 19.4. The van der Waals surface area contributed by atoms with E-state index in [1.54, 1.807) is 0 Å². The Balaban J connectivity index is 3.95. The van der Waals surface area contributed by atoms with Crippen molar-refractivity contribution in [3.05, 3.63) is 11.3 Å². The minimum atomic E-state index is -4.40. The van der Waals surface area contributed by atoms with Gasteiger partial charge in [-0.05, 0) is 6.92 Å². The van der Waals surface area contributed by atoms with Crippen LogP contribution in [0.4, 0.5) is 13.2 Å². The van der Waals surface area contributed by atoms with Crippen LogP contribution in [0, 0.1) is 0 Å². The highest BCUT2D eigenvalue weighted by Gasteiger charge is 2.27. The average molecular weight is 227 g/mol. The number of rotatable bonds is 5. The number of carbonyl (C=O) groups is 1. The molecule has 0 amide bonds. The van der Waals surface area contributed by atoms with E-state index in [0.29, 0.717) is 0 Å². The summed E-state index contributed by atoms with van der Waals surface area (Å²) in [7, 11) is 0. The molecule has 0 saturated carbocycles. The zero-order valence-corrected chi connectivity index (χ0v) is 8.10. The van der Waals surface area contributed by atoms with Crippen LogP contribution in [-0.2, 0) is 9.53 Å². The lowest BCUT2D eigenvalue weighted by Crippen LogP contribution is -2.18. The Morgan fingerprint density at radius 3 is 2.33 bits per heavy atom. The molecule has 88 valence electrons. The molecule has 0 aromatic heterocycles. The minimum Gasteiger partial charge on any atom is -0.478 e. The monoisotopic (exact) mass is 227 g/mol. The fourth-order valence-corrected chi connectivity index (χ4v) is 0.835. The van der Waals surface area contributed by atoms with Gasteiger partial charge in [0.1, 0.15) is 6.61 Å². The lowest BCUT2D eigenvalue weighted by Gasteiger charge is -2.08. The van der Waals surface area contributed by atoms with Gasteiger partial charge in [-0.2, -0.15) is 13.2 Å². The fraction of sp³-hybridized carbons (Fsp3) is 0.625. The Bertz CT molecular complexity index is 256. The van der Waals surface area contributed by atoms with Crippen LogP contribution in [0.1, 0.15) is 13.3 Å². The van der Waals surface area contributed by atoms with Gasteiger partial charge in [0, 0.05) is 12.1 Å². The first-order valence-electron chi connectivity index (χ1n) is 4.07. The average Bonchev–Trinajstić information content (AvgIpc) is 2.00. The lowest BCUT2D eigenvalue weighted by atomic mass is 10.1. The zero-order chi connectivity index (χ0) is 12.1. The Morgan fingerprint density at radius 2 is 2.00 bits per heavy atom. The Labute approximate surface area is 84.5 Å². The maximum atomic E-state index is 11.6. The van der Waals surface area contributed by atoms with Gasteiger partial charge in [0.2, 0.25) is 0 Å². The summed E-state index contributed by atoms with van der Waals surface area (Å²) in [6.07, 6.45) is -4.54. The molecule has 15 heavy (non-hydrogen) atoms. The topological polar surface area (TPSA) is 72.5 Å². The SMILES string of the molecule is C/C(N)=C(\CCOCC(F)(F)F)C(=O)O. The first-order valence-corrected chi connectivity index (χ1v) is 4.07. The van der Waals surface area contributed by atoms with Crippen molar-refractivity contribution in [1.82, 2.24) is 0 Å². The molecule has 0 spiro atoms. The molecule has 0 unspecified atom stereocenters. The summed E-state index contributed by atoms with van der Waals surface area (Å²) in [5.41, 5.74) is 5.17. The summed E-state index contributed by atoms with van der Waals surface area (Å²) in [6, 6.07) is 0. The smallest absolute Gasteiger partial charge is 0.411 e. The van der Waals surface area contributed by atoms with Crippen LogP contribution in [0.2, 0.25) is 0 Å². The van der Waals surface area contributed by atoms with Gasteiger partial charge in [-0.25, -0.2) is 4.79 Å². The highest BCUT2D eigenvalue weighted by Crippen LogP contribution is 2.15. The second-order valence-electron chi connectivity index (χ2n) is 2.88. The molecule has 3 N–H and O–H groups in total. The van der Waals surface area contributed by atoms with E-state index in [1.807, 2.05) is 0 Å². The predicted octanol–water partition coefficient (Wildman–Crippen LogP) is 1.27. The summed E-state index contributed by atoms with van der Waals surface area (Å²) >= 11 is 0. The largest absolute Gasteiger partial charge is 0.478 e. The molecule has 0 atom stereocenters. The molecule has 0 aromatic rings. The van der Waals surface area contributed by atoms with Crippen LogP contribution < -0.4 is 5.73 Å². The second kappa shape index (κ2) is 5.59. The molecule has 0 fully saturated rings. The van der Waals surface area contributed by atoms with Crippen molar-refractivity contribution in [1.29, 1.82) is 0 Å². The van der Waals surface area contributed by atoms with Crippen molar-refractivity contribution < 1.29 is 27.8 Å². The summed E-state index contributed by atoms with van der Waals surface area (Å²) < 4.78 is 39.1. The Kier molecular flexibility index (Phi) is 5.13. The van der Waals surface area contributed by atoms with Gasteiger partial charge in [-0.15, -0.1) is 0 Å². The van der Waals surface area contributed by atoms with E-state index in [2.05, 4.69) is 4.74 Å². The first kappa shape index (κ1) is 13.8. The molecular formula is C8H12F3NO3. The molecular weight excluding hydrogens is 215 g/mol. The van der Waals surface area contributed by atoms with Crippen LogP contribution >= 0.6 is 0 Å². The molecule has 4 nitrogen and oxygen atoms in total. The fourth-order valence-electron chi connectivity index (χ4n) is 0.835. The number of aliphatic carboxylic acids is 1. The molecule has 7 heteroatoms. The summed E-state index contributed by atoms with van der Waals surface area (Å²) in [5, 5.41) is 8.59. The highest BCUT2D eigenvalue weighted by molar-refractivity contribution is 5.87. The van der Waals surface area contributed by atoms with Gasteiger partial charge in [0.15, 0.2) is 0 Å². The van der Waals surface area contributed by atoms with Crippen molar-refractivity contribution in [3.63, 3.8) is 0 Å². The van der Waals surface area contributed by atoms with Crippen molar-refractivity contribution in [3.8, 4) is 0 Å². The standard InChI is InChI=1S/C8H12F3NO3/c1-5(12)6(7(13)14)2-3-15-4-8(9,10)11/h2-4,12H2,1H3,(H,13,14)/b6-5-. The number of halogens is 3. The van der Waals surface area contributed by atoms with Gasteiger partial charge in [-0.3, -0.25) is 0 Å². The van der Waals surface area contributed by atoms with E-state index in [-0.39, 0.29) is 24.3 Å². The quantitative estimate of drug-likeness (QED) is 0.548. The van der Waals surface area contributed by atoms with Crippen molar-refractivity contribution in [2.75, 3.05) is 13.2 Å². The third-order valence-corrected chi connectivity index (χ3v) is 1.50. The Morgan fingerprint density at radius 1 is 1.47 bits per heavy atom. The molecule has 0 aliphatic carbocycles. The van der Waals surface area contributed by atoms with Crippen LogP contribution in [0.15, 0.2) is 11.3 Å². The van der Waals surface area contributed by atoms with Gasteiger partial charge in [-0.1, -0.05) is 0 Å². The summed E-state index contributed by atoms with van der Waals surface area (Å²) in [4.78, 5) is 10.5. The molecule has 0 radical (unpaired) electrons. The van der Waals surface area contributed by atoms with E-state index < -0.39 is 18.8 Å². The van der Waals surface area contributed by atoms with Crippen LogP contribution in [0.25, 0.3) is 0 Å². The lowest BCUT2D eigenvalue weighted by molar-refractivity contribution is -0.173. The van der Waals surface area contributed by atoms with E-state index in [0.717, 1.165) is 0 Å². The molecule has 0 rings (SSSR count). The maximum Gasteiger partial charge on any atom is 0.411 e. The van der Waals surface area contributed by atoms with Crippen LogP contribution in [-0.4, -0.2) is 30.5 Å². The van der Waals surface area contributed by atoms with E-state index in [1.165, 1.54) is 6.92 Å². The summed E-state index contributed by atoms with van der Waals surface area (Å²) in [6.45, 7) is -0.341.